The number of hydrogen-bond acceptors (Lipinski definition) is 3. The molecule has 1 fully saturated rings. The Hall–Kier alpha value is -0.650. The number of halogens is 2. The van der Waals surface area contributed by atoms with Crippen LogP contribution in [0.15, 0.2) is 16.7 Å². The zero-order chi connectivity index (χ0) is 15.0. The number of likely N-dealkylation sites (N-methyl/N-ethyl adjacent to an activating group) is 1. The van der Waals surface area contributed by atoms with Crippen molar-refractivity contribution in [2.75, 3.05) is 14.1 Å². The highest BCUT2D eigenvalue weighted by atomic mass is 79.9. The van der Waals surface area contributed by atoms with Gasteiger partial charge in [0.15, 0.2) is 5.65 Å². The van der Waals surface area contributed by atoms with Gasteiger partial charge in [0.25, 0.3) is 0 Å². The molecule has 6 heteroatoms. The highest BCUT2D eigenvalue weighted by molar-refractivity contribution is 9.10. The standard InChI is InChI=1S/C15H20BrClN4/c1-20(2)15(5-3-4-6-15)10-21-13(8-17)19-12-7-11(16)9-18-14(12)21/h7,9H,3-6,8,10H2,1-2H3. The minimum atomic E-state index is 0.198. The maximum absolute atomic E-state index is 6.12. The van der Waals surface area contributed by atoms with Gasteiger partial charge in [-0.1, -0.05) is 12.8 Å². The lowest BCUT2D eigenvalue weighted by Gasteiger charge is -2.37. The third kappa shape index (κ3) is 2.71. The van der Waals surface area contributed by atoms with Gasteiger partial charge in [-0.25, -0.2) is 9.97 Å². The lowest BCUT2D eigenvalue weighted by Crippen LogP contribution is -2.45. The van der Waals surface area contributed by atoms with E-state index in [1.54, 1.807) is 0 Å². The largest absolute Gasteiger partial charge is 0.310 e. The summed E-state index contributed by atoms with van der Waals surface area (Å²) in [5.74, 6) is 1.32. The van der Waals surface area contributed by atoms with Gasteiger partial charge in [-0.15, -0.1) is 11.6 Å². The molecule has 1 aliphatic rings. The molecule has 0 bridgehead atoms. The molecular weight excluding hydrogens is 352 g/mol. The molecule has 2 aromatic rings. The van der Waals surface area contributed by atoms with E-state index in [0.29, 0.717) is 5.88 Å². The van der Waals surface area contributed by atoms with E-state index >= 15 is 0 Å². The summed E-state index contributed by atoms with van der Waals surface area (Å²) in [7, 11) is 4.35. The molecule has 0 atom stereocenters. The van der Waals surface area contributed by atoms with Crippen LogP contribution in [0.25, 0.3) is 11.2 Å². The van der Waals surface area contributed by atoms with Gasteiger partial charge in [-0.05, 0) is 48.9 Å². The minimum absolute atomic E-state index is 0.198. The van der Waals surface area contributed by atoms with Gasteiger partial charge in [0, 0.05) is 22.8 Å². The maximum atomic E-state index is 6.12. The Morgan fingerprint density at radius 3 is 2.71 bits per heavy atom. The summed E-state index contributed by atoms with van der Waals surface area (Å²) in [6.45, 7) is 0.910. The van der Waals surface area contributed by atoms with Crippen molar-refractivity contribution in [2.24, 2.45) is 0 Å². The third-order valence-corrected chi connectivity index (χ3v) is 5.36. The van der Waals surface area contributed by atoms with Crippen molar-refractivity contribution in [3.63, 3.8) is 0 Å². The molecule has 1 saturated carbocycles. The first-order valence-electron chi connectivity index (χ1n) is 7.30. The second-order valence-corrected chi connectivity index (χ2v) is 7.25. The highest BCUT2D eigenvalue weighted by Crippen LogP contribution is 2.36. The molecule has 0 radical (unpaired) electrons. The van der Waals surface area contributed by atoms with Crippen molar-refractivity contribution >= 4 is 38.7 Å². The molecule has 0 aromatic carbocycles. The van der Waals surface area contributed by atoms with Gasteiger partial charge < -0.3 is 9.47 Å². The summed E-state index contributed by atoms with van der Waals surface area (Å²) < 4.78 is 3.16. The van der Waals surface area contributed by atoms with Crippen LogP contribution in [0.2, 0.25) is 0 Å². The van der Waals surface area contributed by atoms with Crippen molar-refractivity contribution in [3.8, 4) is 0 Å². The second-order valence-electron chi connectivity index (χ2n) is 6.07. The van der Waals surface area contributed by atoms with Crippen LogP contribution in [0.4, 0.5) is 0 Å². The summed E-state index contributed by atoms with van der Waals surface area (Å²) in [5, 5.41) is 0. The van der Waals surface area contributed by atoms with Gasteiger partial charge >= 0.3 is 0 Å². The second kappa shape index (κ2) is 5.86. The summed E-state index contributed by atoms with van der Waals surface area (Å²) in [4.78, 5) is 11.6. The highest BCUT2D eigenvalue weighted by Gasteiger charge is 2.37. The Labute approximate surface area is 138 Å². The molecule has 21 heavy (non-hydrogen) atoms. The number of rotatable bonds is 4. The van der Waals surface area contributed by atoms with E-state index in [4.69, 9.17) is 11.6 Å². The minimum Gasteiger partial charge on any atom is -0.310 e. The van der Waals surface area contributed by atoms with Crippen LogP contribution in [-0.4, -0.2) is 39.1 Å². The maximum Gasteiger partial charge on any atom is 0.160 e. The zero-order valence-corrected chi connectivity index (χ0v) is 14.8. The van der Waals surface area contributed by atoms with Crippen LogP contribution in [0, 0.1) is 0 Å². The summed E-state index contributed by atoms with van der Waals surface area (Å²) in [6, 6.07) is 2.01. The fourth-order valence-electron chi connectivity index (χ4n) is 3.38. The number of nitrogens with zero attached hydrogens (tertiary/aromatic N) is 4. The van der Waals surface area contributed by atoms with E-state index in [1.165, 1.54) is 25.7 Å². The topological polar surface area (TPSA) is 34.0 Å². The lowest BCUT2D eigenvalue weighted by atomic mass is 9.96. The molecule has 0 aliphatic heterocycles. The Bertz CT molecular complexity index is 646. The van der Waals surface area contributed by atoms with Gasteiger partial charge in [0.2, 0.25) is 0 Å². The number of fused-ring (bicyclic) bond motifs is 1. The predicted octanol–water partition coefficient (Wildman–Crippen LogP) is 3.81. The molecule has 0 spiro atoms. The number of hydrogen-bond donors (Lipinski definition) is 0. The molecule has 4 nitrogen and oxygen atoms in total. The van der Waals surface area contributed by atoms with E-state index in [1.807, 2.05) is 12.3 Å². The van der Waals surface area contributed by atoms with Crippen molar-refractivity contribution < 1.29 is 0 Å². The van der Waals surface area contributed by atoms with Gasteiger partial charge in [0.05, 0.1) is 5.88 Å². The quantitative estimate of drug-likeness (QED) is 0.766. The molecule has 2 heterocycles. The number of imidazole rings is 1. The van der Waals surface area contributed by atoms with E-state index in [0.717, 1.165) is 28.0 Å². The van der Waals surface area contributed by atoms with E-state index < -0.39 is 0 Å². The third-order valence-electron chi connectivity index (χ3n) is 4.69. The molecule has 0 unspecified atom stereocenters. The van der Waals surface area contributed by atoms with E-state index in [9.17, 15) is 0 Å². The van der Waals surface area contributed by atoms with Gasteiger partial charge in [-0.3, -0.25) is 0 Å². The van der Waals surface area contributed by atoms with Crippen LogP contribution in [0.5, 0.6) is 0 Å². The van der Waals surface area contributed by atoms with Crippen molar-refractivity contribution in [1.29, 1.82) is 0 Å². The Balaban J connectivity index is 2.06. The van der Waals surface area contributed by atoms with Crippen LogP contribution in [-0.2, 0) is 12.4 Å². The van der Waals surface area contributed by atoms with Crippen LogP contribution in [0.3, 0.4) is 0 Å². The molecule has 3 rings (SSSR count). The number of pyridine rings is 1. The van der Waals surface area contributed by atoms with Crippen LogP contribution >= 0.6 is 27.5 Å². The fourth-order valence-corrected chi connectivity index (χ4v) is 3.90. The predicted molar refractivity (Wildman–Crippen MR) is 89.7 cm³/mol. The van der Waals surface area contributed by atoms with Crippen molar-refractivity contribution in [2.45, 2.75) is 43.6 Å². The first-order chi connectivity index (χ1) is 10.1. The monoisotopic (exact) mass is 370 g/mol. The summed E-state index contributed by atoms with van der Waals surface area (Å²) in [5.41, 5.74) is 2.04. The Kier molecular flexibility index (Phi) is 4.26. The Morgan fingerprint density at radius 2 is 2.10 bits per heavy atom. The number of aromatic nitrogens is 3. The molecule has 114 valence electrons. The molecule has 0 amide bonds. The zero-order valence-electron chi connectivity index (χ0n) is 12.4. The number of alkyl halides is 1. The molecule has 2 aromatic heterocycles. The van der Waals surface area contributed by atoms with E-state index in [2.05, 4.69) is 49.5 Å². The molecular formula is C15H20BrClN4. The van der Waals surface area contributed by atoms with Gasteiger partial charge in [0.1, 0.15) is 11.3 Å². The summed E-state index contributed by atoms with van der Waals surface area (Å²) in [6.07, 6.45) is 6.85. The average Bonchev–Trinajstić information content (AvgIpc) is 3.05. The van der Waals surface area contributed by atoms with Crippen molar-refractivity contribution in [3.05, 3.63) is 22.6 Å². The molecule has 0 saturated heterocycles. The molecule has 1 aliphatic carbocycles. The SMILES string of the molecule is CN(C)C1(Cn2c(CCl)nc3cc(Br)cnc32)CCCC1. The first-order valence-corrected chi connectivity index (χ1v) is 8.62. The van der Waals surface area contributed by atoms with Crippen LogP contribution in [0.1, 0.15) is 31.5 Å². The first kappa shape index (κ1) is 15.3. The fraction of sp³-hybridized carbons (Fsp3) is 0.600. The Morgan fingerprint density at radius 1 is 1.38 bits per heavy atom. The van der Waals surface area contributed by atoms with Gasteiger partial charge in [-0.2, -0.15) is 0 Å². The average molecular weight is 372 g/mol. The van der Waals surface area contributed by atoms with Crippen molar-refractivity contribution in [1.82, 2.24) is 19.4 Å². The smallest absolute Gasteiger partial charge is 0.160 e. The lowest BCUT2D eigenvalue weighted by molar-refractivity contribution is 0.134. The van der Waals surface area contributed by atoms with E-state index in [-0.39, 0.29) is 5.54 Å². The normalized spacial score (nSPS) is 18.0. The molecule has 0 N–H and O–H groups in total. The van der Waals surface area contributed by atoms with Crippen LogP contribution < -0.4 is 0 Å². The summed E-state index contributed by atoms with van der Waals surface area (Å²) >= 11 is 9.57.